The predicted molar refractivity (Wildman–Crippen MR) is 111 cm³/mol. The highest BCUT2D eigenvalue weighted by Gasteiger charge is 2.24. The number of ether oxygens (including phenoxy) is 1. The van der Waals surface area contributed by atoms with Crippen molar-refractivity contribution in [2.45, 2.75) is 45.6 Å². The molecule has 2 aromatic rings. The molecule has 2 rings (SSSR count). The Morgan fingerprint density at radius 1 is 1.11 bits per heavy atom. The molecule has 7 heteroatoms. The maximum Gasteiger partial charge on any atom is 0.265 e. The lowest BCUT2D eigenvalue weighted by atomic mass is 10.2. The van der Waals surface area contributed by atoms with Crippen molar-refractivity contribution in [3.63, 3.8) is 0 Å². The fraction of sp³-hybridized carbons (Fsp3) is 0.381. The third-order valence-corrected chi connectivity index (χ3v) is 6.64. The van der Waals surface area contributed by atoms with E-state index in [1.165, 1.54) is 10.4 Å². The van der Waals surface area contributed by atoms with Gasteiger partial charge in [0.15, 0.2) is 6.10 Å². The smallest absolute Gasteiger partial charge is 0.265 e. The normalized spacial score (nSPS) is 12.6. The summed E-state index contributed by atoms with van der Waals surface area (Å²) in [5.41, 5.74) is 2.09. The summed E-state index contributed by atoms with van der Waals surface area (Å²) in [7, 11) is -3.61. The number of anilines is 1. The molecule has 0 heterocycles. The standard InChI is InChI=1S/C21H28N2O4S/c1-6-23(7-2)28(25,26)20-14-18(12-11-16(20)4)22-21(24)17(5)27-19-10-8-9-15(3)13-19/h8-14,17H,6-7H2,1-5H3,(H,22,24)/t17-/m0/s1. The number of carbonyl (C=O) groups is 1. The van der Waals surface area contributed by atoms with Crippen LogP contribution in [0.1, 0.15) is 31.9 Å². The highest BCUT2D eigenvalue weighted by atomic mass is 32.2. The summed E-state index contributed by atoms with van der Waals surface area (Å²) < 4.78 is 32.8. The van der Waals surface area contributed by atoms with E-state index in [0.29, 0.717) is 30.1 Å². The van der Waals surface area contributed by atoms with Gasteiger partial charge in [-0.3, -0.25) is 4.79 Å². The van der Waals surface area contributed by atoms with Crippen molar-refractivity contribution >= 4 is 21.6 Å². The lowest BCUT2D eigenvalue weighted by Crippen LogP contribution is -2.32. The maximum absolute atomic E-state index is 12.8. The van der Waals surface area contributed by atoms with Gasteiger partial charge in [-0.25, -0.2) is 8.42 Å². The Hall–Kier alpha value is -2.38. The average Bonchev–Trinajstić information content (AvgIpc) is 2.63. The first-order chi connectivity index (χ1) is 13.2. The van der Waals surface area contributed by atoms with Crippen molar-refractivity contribution < 1.29 is 17.9 Å². The number of aryl methyl sites for hydroxylation is 2. The van der Waals surface area contributed by atoms with Gasteiger partial charge in [0.05, 0.1) is 4.90 Å². The summed E-state index contributed by atoms with van der Waals surface area (Å²) >= 11 is 0. The highest BCUT2D eigenvalue weighted by Crippen LogP contribution is 2.24. The summed E-state index contributed by atoms with van der Waals surface area (Å²) in [5.74, 6) is 0.257. The molecule has 2 aromatic carbocycles. The first-order valence-electron chi connectivity index (χ1n) is 9.34. The average molecular weight is 405 g/mol. The van der Waals surface area contributed by atoms with E-state index >= 15 is 0 Å². The van der Waals surface area contributed by atoms with Crippen molar-refractivity contribution in [1.82, 2.24) is 4.31 Å². The molecule has 0 saturated heterocycles. The van der Waals surface area contributed by atoms with Crippen LogP contribution in [0.15, 0.2) is 47.4 Å². The van der Waals surface area contributed by atoms with Crippen LogP contribution in [-0.2, 0) is 14.8 Å². The third-order valence-electron chi connectivity index (χ3n) is 4.45. The van der Waals surface area contributed by atoms with Crippen molar-refractivity contribution in [1.29, 1.82) is 0 Å². The molecule has 0 aromatic heterocycles. The fourth-order valence-corrected chi connectivity index (χ4v) is 4.56. The van der Waals surface area contributed by atoms with Crippen LogP contribution < -0.4 is 10.1 Å². The van der Waals surface area contributed by atoms with Gasteiger partial charge in [0.2, 0.25) is 10.0 Å². The first-order valence-corrected chi connectivity index (χ1v) is 10.8. The molecular formula is C21H28N2O4S. The lowest BCUT2D eigenvalue weighted by molar-refractivity contribution is -0.122. The lowest BCUT2D eigenvalue weighted by Gasteiger charge is -2.21. The van der Waals surface area contributed by atoms with E-state index < -0.39 is 16.1 Å². The molecule has 152 valence electrons. The zero-order valence-electron chi connectivity index (χ0n) is 17.0. The molecule has 0 saturated carbocycles. The van der Waals surface area contributed by atoms with Gasteiger partial charge in [0.1, 0.15) is 5.75 Å². The zero-order valence-corrected chi connectivity index (χ0v) is 17.8. The minimum Gasteiger partial charge on any atom is -0.481 e. The fourth-order valence-electron chi connectivity index (χ4n) is 2.85. The Kier molecular flexibility index (Phi) is 7.21. The van der Waals surface area contributed by atoms with E-state index in [0.717, 1.165) is 5.56 Å². The molecular weight excluding hydrogens is 376 g/mol. The van der Waals surface area contributed by atoms with Gasteiger partial charge in [0.25, 0.3) is 5.91 Å². The van der Waals surface area contributed by atoms with Crippen molar-refractivity contribution in [3.8, 4) is 5.75 Å². The Morgan fingerprint density at radius 2 is 1.79 bits per heavy atom. The number of nitrogens with zero attached hydrogens (tertiary/aromatic N) is 1. The Labute approximate surface area is 167 Å². The highest BCUT2D eigenvalue weighted by molar-refractivity contribution is 7.89. The Morgan fingerprint density at radius 3 is 2.39 bits per heavy atom. The summed E-state index contributed by atoms with van der Waals surface area (Å²) in [4.78, 5) is 12.7. The van der Waals surface area contributed by atoms with Crippen molar-refractivity contribution in [2.75, 3.05) is 18.4 Å². The largest absolute Gasteiger partial charge is 0.481 e. The molecule has 0 aliphatic rings. The molecule has 0 radical (unpaired) electrons. The first kappa shape index (κ1) is 21.9. The molecule has 1 atom stereocenters. The molecule has 0 aliphatic heterocycles. The number of benzene rings is 2. The van der Waals surface area contributed by atoms with Crippen LogP contribution in [0.2, 0.25) is 0 Å². The maximum atomic E-state index is 12.8. The molecule has 1 N–H and O–H groups in total. The molecule has 0 unspecified atom stereocenters. The molecule has 28 heavy (non-hydrogen) atoms. The molecule has 0 spiro atoms. The van der Waals surface area contributed by atoms with E-state index in [4.69, 9.17) is 4.74 Å². The third kappa shape index (κ3) is 5.11. The Bertz CT molecular complexity index is 937. The quantitative estimate of drug-likeness (QED) is 0.727. The summed E-state index contributed by atoms with van der Waals surface area (Å²) in [6.07, 6.45) is -0.731. The van der Waals surface area contributed by atoms with E-state index in [1.807, 2.05) is 25.1 Å². The van der Waals surface area contributed by atoms with Crippen LogP contribution in [0.3, 0.4) is 0 Å². The van der Waals surface area contributed by atoms with E-state index in [2.05, 4.69) is 5.32 Å². The summed E-state index contributed by atoms with van der Waals surface area (Å²) in [5, 5.41) is 2.74. The topological polar surface area (TPSA) is 75.7 Å². The monoisotopic (exact) mass is 404 g/mol. The van der Waals surface area contributed by atoms with Gasteiger partial charge >= 0.3 is 0 Å². The number of carbonyl (C=O) groups excluding carboxylic acids is 1. The SMILES string of the molecule is CCN(CC)S(=O)(=O)c1cc(NC(=O)[C@H](C)Oc2cccc(C)c2)ccc1C. The summed E-state index contributed by atoms with van der Waals surface area (Å²) in [6.45, 7) is 9.71. The van der Waals surface area contributed by atoms with Gasteiger partial charge in [-0.1, -0.05) is 32.0 Å². The molecule has 1 amide bonds. The number of amides is 1. The number of sulfonamides is 1. The number of rotatable bonds is 8. The van der Waals surface area contributed by atoms with Gasteiger partial charge in [-0.15, -0.1) is 0 Å². The second-order valence-electron chi connectivity index (χ2n) is 6.64. The summed E-state index contributed by atoms with van der Waals surface area (Å²) in [6, 6.07) is 12.3. The van der Waals surface area contributed by atoms with Crippen molar-refractivity contribution in [3.05, 3.63) is 53.6 Å². The second-order valence-corrected chi connectivity index (χ2v) is 8.54. The van der Waals surface area contributed by atoms with Crippen LogP contribution in [0.5, 0.6) is 5.75 Å². The van der Waals surface area contributed by atoms with Gasteiger partial charge < -0.3 is 10.1 Å². The predicted octanol–water partition coefficient (Wildman–Crippen LogP) is 3.74. The van der Waals surface area contributed by atoms with E-state index in [1.54, 1.807) is 45.9 Å². The van der Waals surface area contributed by atoms with Gasteiger partial charge in [-0.2, -0.15) is 4.31 Å². The molecule has 0 bridgehead atoms. The number of hydrogen-bond donors (Lipinski definition) is 1. The van der Waals surface area contributed by atoms with Crippen LogP contribution in [0, 0.1) is 13.8 Å². The minimum atomic E-state index is -3.61. The van der Waals surface area contributed by atoms with Crippen LogP contribution in [-0.4, -0.2) is 37.8 Å². The van der Waals surface area contributed by atoms with Crippen LogP contribution >= 0.6 is 0 Å². The van der Waals surface area contributed by atoms with Crippen molar-refractivity contribution in [2.24, 2.45) is 0 Å². The number of nitrogens with one attached hydrogen (secondary N) is 1. The zero-order chi connectivity index (χ0) is 20.9. The molecule has 0 aliphatic carbocycles. The number of hydrogen-bond acceptors (Lipinski definition) is 4. The Balaban J connectivity index is 2.19. The molecule has 0 fully saturated rings. The van der Waals surface area contributed by atoms with E-state index in [9.17, 15) is 13.2 Å². The second kappa shape index (κ2) is 9.21. The van der Waals surface area contributed by atoms with Crippen LogP contribution in [0.4, 0.5) is 5.69 Å². The van der Waals surface area contributed by atoms with Gasteiger partial charge in [0, 0.05) is 18.8 Å². The molecule has 6 nitrogen and oxygen atoms in total. The van der Waals surface area contributed by atoms with E-state index in [-0.39, 0.29) is 10.8 Å². The minimum absolute atomic E-state index is 0.196. The van der Waals surface area contributed by atoms with Crippen LogP contribution in [0.25, 0.3) is 0 Å². The van der Waals surface area contributed by atoms with Gasteiger partial charge in [-0.05, 0) is 56.2 Å².